The number of hydrogen-bond donors (Lipinski definition) is 1. The van der Waals surface area contributed by atoms with Crippen LogP contribution in [0.15, 0.2) is 53.2 Å². The minimum Gasteiger partial charge on any atom is -0.465 e. The van der Waals surface area contributed by atoms with Gasteiger partial charge in [-0.25, -0.2) is 0 Å². The molecule has 0 saturated heterocycles. The number of ketones is 1. The molecule has 4 nitrogen and oxygen atoms in total. The average molecular weight is 255 g/mol. The van der Waals surface area contributed by atoms with Crippen LogP contribution in [0.1, 0.15) is 23.0 Å². The van der Waals surface area contributed by atoms with Crippen LogP contribution in [0.3, 0.4) is 0 Å². The summed E-state index contributed by atoms with van der Waals surface area (Å²) in [6, 6.07) is 10.4. The molecule has 1 aromatic carbocycles. The van der Waals surface area contributed by atoms with E-state index in [4.69, 9.17) is 4.42 Å². The maximum Gasteiger partial charge on any atom is 0.248 e. The molecule has 4 heteroatoms. The van der Waals surface area contributed by atoms with Crippen LogP contribution < -0.4 is 5.32 Å². The van der Waals surface area contributed by atoms with Crippen LogP contribution in [-0.2, 0) is 4.79 Å². The third kappa shape index (κ3) is 3.42. The third-order valence-corrected chi connectivity index (χ3v) is 2.51. The number of rotatable bonds is 4. The lowest BCUT2D eigenvalue weighted by Crippen LogP contribution is -2.11. The molecule has 0 atom stereocenters. The summed E-state index contributed by atoms with van der Waals surface area (Å²) in [4.78, 5) is 23.1. The lowest BCUT2D eigenvalue weighted by molar-refractivity contribution is -0.111. The fourth-order valence-electron chi connectivity index (χ4n) is 1.62. The average Bonchev–Trinajstić information content (AvgIpc) is 2.90. The van der Waals surface area contributed by atoms with Gasteiger partial charge in [0, 0.05) is 11.6 Å². The van der Waals surface area contributed by atoms with Crippen molar-refractivity contribution in [2.75, 3.05) is 5.32 Å². The van der Waals surface area contributed by atoms with Gasteiger partial charge in [0.2, 0.25) is 5.91 Å². The second-order valence-corrected chi connectivity index (χ2v) is 3.94. The number of Topliss-reactive ketones (excluding diaryl/α,β-unsaturated/α-hetero) is 1. The van der Waals surface area contributed by atoms with Crippen LogP contribution in [0.5, 0.6) is 0 Å². The van der Waals surface area contributed by atoms with E-state index in [-0.39, 0.29) is 11.7 Å². The zero-order valence-corrected chi connectivity index (χ0v) is 10.4. The van der Waals surface area contributed by atoms with E-state index in [2.05, 4.69) is 5.32 Å². The van der Waals surface area contributed by atoms with Gasteiger partial charge < -0.3 is 9.73 Å². The molecule has 19 heavy (non-hydrogen) atoms. The monoisotopic (exact) mass is 255 g/mol. The molecule has 0 radical (unpaired) electrons. The van der Waals surface area contributed by atoms with Crippen molar-refractivity contribution in [3.05, 3.63) is 60.1 Å². The Morgan fingerprint density at radius 3 is 2.63 bits per heavy atom. The molecule has 0 spiro atoms. The van der Waals surface area contributed by atoms with Crippen molar-refractivity contribution in [1.82, 2.24) is 0 Å². The van der Waals surface area contributed by atoms with Gasteiger partial charge in [0.15, 0.2) is 5.78 Å². The summed E-state index contributed by atoms with van der Waals surface area (Å²) in [6.07, 6.45) is 4.45. The Morgan fingerprint density at radius 1 is 1.16 bits per heavy atom. The van der Waals surface area contributed by atoms with Gasteiger partial charge in [0.05, 0.1) is 12.0 Å². The molecule has 0 aliphatic carbocycles. The molecule has 2 rings (SSSR count). The smallest absolute Gasteiger partial charge is 0.248 e. The molecule has 96 valence electrons. The van der Waals surface area contributed by atoms with Crippen molar-refractivity contribution in [3.8, 4) is 0 Å². The van der Waals surface area contributed by atoms with Crippen molar-refractivity contribution < 1.29 is 14.0 Å². The molecule has 0 aliphatic heterocycles. The lowest BCUT2D eigenvalue weighted by Gasteiger charge is -2.06. The number of amides is 1. The van der Waals surface area contributed by atoms with Gasteiger partial charge in [-0.3, -0.25) is 9.59 Å². The number of carbonyl (C=O) groups is 2. The molecule has 0 fully saturated rings. The van der Waals surface area contributed by atoms with Gasteiger partial charge in [-0.15, -0.1) is 0 Å². The van der Waals surface area contributed by atoms with Gasteiger partial charge in [-0.2, -0.15) is 0 Å². The van der Waals surface area contributed by atoms with E-state index in [1.807, 2.05) is 0 Å². The molecule has 1 amide bonds. The zero-order chi connectivity index (χ0) is 13.7. The summed E-state index contributed by atoms with van der Waals surface area (Å²) in [6.45, 7) is 1.46. The van der Waals surface area contributed by atoms with Crippen LogP contribution in [-0.4, -0.2) is 11.7 Å². The summed E-state index contributed by atoms with van der Waals surface area (Å²) in [5.74, 6) is 0.186. The minimum atomic E-state index is -0.315. The Morgan fingerprint density at radius 2 is 1.95 bits per heavy atom. The van der Waals surface area contributed by atoms with Gasteiger partial charge in [-0.1, -0.05) is 12.1 Å². The highest BCUT2D eigenvalue weighted by molar-refractivity contribution is 6.07. The Bertz CT molecular complexity index is 612. The topological polar surface area (TPSA) is 59.3 Å². The number of hydrogen-bond acceptors (Lipinski definition) is 3. The second-order valence-electron chi connectivity index (χ2n) is 3.94. The SMILES string of the molecule is CC(=O)c1ccccc1NC(=O)C=Cc1ccco1. The maximum atomic E-state index is 11.7. The molecule has 2 aromatic rings. The van der Waals surface area contributed by atoms with E-state index in [1.54, 1.807) is 42.5 Å². The van der Waals surface area contributed by atoms with Crippen LogP contribution >= 0.6 is 0 Å². The number of nitrogens with one attached hydrogen (secondary N) is 1. The number of benzene rings is 1. The number of carbonyl (C=O) groups excluding carboxylic acids is 2. The van der Waals surface area contributed by atoms with Crippen molar-refractivity contribution >= 4 is 23.5 Å². The predicted octanol–water partition coefficient (Wildman–Crippen LogP) is 3.13. The zero-order valence-electron chi connectivity index (χ0n) is 10.4. The van der Waals surface area contributed by atoms with E-state index in [9.17, 15) is 9.59 Å². The van der Waals surface area contributed by atoms with Crippen LogP contribution in [0.2, 0.25) is 0 Å². The van der Waals surface area contributed by atoms with E-state index >= 15 is 0 Å². The molecule has 1 aromatic heterocycles. The van der Waals surface area contributed by atoms with Crippen molar-refractivity contribution in [2.45, 2.75) is 6.92 Å². The summed E-state index contributed by atoms with van der Waals surface area (Å²) < 4.78 is 5.08. The molecular formula is C15H13NO3. The highest BCUT2D eigenvalue weighted by atomic mass is 16.3. The normalized spacial score (nSPS) is 10.6. The second kappa shape index (κ2) is 5.82. The summed E-state index contributed by atoms with van der Waals surface area (Å²) in [7, 11) is 0. The predicted molar refractivity (Wildman–Crippen MR) is 72.8 cm³/mol. The van der Waals surface area contributed by atoms with Gasteiger partial charge >= 0.3 is 0 Å². The van der Waals surface area contributed by atoms with E-state index in [0.717, 1.165) is 0 Å². The van der Waals surface area contributed by atoms with E-state index in [0.29, 0.717) is 17.0 Å². The maximum absolute atomic E-state index is 11.7. The Balaban J connectivity index is 2.09. The van der Waals surface area contributed by atoms with Crippen LogP contribution in [0.25, 0.3) is 6.08 Å². The van der Waals surface area contributed by atoms with Gasteiger partial charge in [0.25, 0.3) is 0 Å². The van der Waals surface area contributed by atoms with E-state index < -0.39 is 0 Å². The van der Waals surface area contributed by atoms with Crippen molar-refractivity contribution in [3.63, 3.8) is 0 Å². The largest absolute Gasteiger partial charge is 0.465 e. The van der Waals surface area contributed by atoms with Crippen molar-refractivity contribution in [2.24, 2.45) is 0 Å². The van der Waals surface area contributed by atoms with Crippen LogP contribution in [0.4, 0.5) is 5.69 Å². The van der Waals surface area contributed by atoms with Gasteiger partial charge in [0.1, 0.15) is 5.76 Å². The van der Waals surface area contributed by atoms with Gasteiger partial charge in [-0.05, 0) is 37.3 Å². The van der Waals surface area contributed by atoms with Crippen LogP contribution in [0, 0.1) is 0 Å². The first kappa shape index (κ1) is 12.8. The highest BCUT2D eigenvalue weighted by Gasteiger charge is 2.07. The third-order valence-electron chi connectivity index (χ3n) is 2.51. The first-order valence-electron chi connectivity index (χ1n) is 5.79. The Hall–Kier alpha value is -2.62. The molecule has 0 saturated carbocycles. The first-order valence-corrected chi connectivity index (χ1v) is 5.79. The molecule has 1 N–H and O–H groups in total. The fraction of sp³-hybridized carbons (Fsp3) is 0.0667. The van der Waals surface area contributed by atoms with Crippen molar-refractivity contribution in [1.29, 1.82) is 0 Å². The number of para-hydroxylation sites is 1. The molecular weight excluding hydrogens is 242 g/mol. The molecule has 0 unspecified atom stereocenters. The molecule has 1 heterocycles. The van der Waals surface area contributed by atoms with E-state index in [1.165, 1.54) is 19.3 Å². The Kier molecular flexibility index (Phi) is 3.93. The summed E-state index contributed by atoms with van der Waals surface area (Å²) in [5.41, 5.74) is 0.992. The highest BCUT2D eigenvalue weighted by Crippen LogP contribution is 2.15. The standard InChI is InChI=1S/C15H13NO3/c1-11(17)13-6-2-3-7-14(13)16-15(18)9-8-12-5-4-10-19-12/h2-10H,1H3,(H,16,18). The molecule has 0 aliphatic rings. The lowest BCUT2D eigenvalue weighted by atomic mass is 10.1. The number of anilines is 1. The summed E-state index contributed by atoms with van der Waals surface area (Å²) in [5, 5.41) is 2.67. The molecule has 0 bridgehead atoms. The first-order chi connectivity index (χ1) is 9.16. The fourth-order valence-corrected chi connectivity index (χ4v) is 1.62. The summed E-state index contributed by atoms with van der Waals surface area (Å²) >= 11 is 0. The number of furan rings is 1. The Labute approximate surface area is 110 Å². The quantitative estimate of drug-likeness (QED) is 0.674. The minimum absolute atomic E-state index is 0.0917.